The summed E-state index contributed by atoms with van der Waals surface area (Å²) in [6.07, 6.45) is 1.26. The Kier molecular flexibility index (Phi) is 3.85. The molecule has 0 bridgehead atoms. The maximum atomic E-state index is 5.74. The van der Waals surface area contributed by atoms with Gasteiger partial charge in [-0.15, -0.1) is 0 Å². The van der Waals surface area contributed by atoms with Gasteiger partial charge in [-0.3, -0.25) is 4.90 Å². The predicted octanol–water partition coefficient (Wildman–Crippen LogP) is 2.39. The molecule has 0 aromatic heterocycles. The highest BCUT2D eigenvalue weighted by Crippen LogP contribution is 2.21. The Morgan fingerprint density at radius 1 is 1.18 bits per heavy atom. The summed E-state index contributed by atoms with van der Waals surface area (Å²) in [5.74, 6) is 0.710. The molecule has 1 saturated heterocycles. The highest BCUT2D eigenvalue weighted by molar-refractivity contribution is 5.36. The zero-order valence-corrected chi connectivity index (χ0v) is 11.3. The lowest BCUT2D eigenvalue weighted by Gasteiger charge is -2.18. The molecule has 2 N–H and O–H groups in total. The molecule has 0 unspecified atom stereocenters. The third-order valence-electron chi connectivity index (χ3n) is 4.05. The Bertz CT molecular complexity index is 398. The molecule has 1 aromatic carbocycles. The summed E-state index contributed by atoms with van der Waals surface area (Å²) in [4.78, 5) is 2.54. The molecule has 0 spiro atoms. The number of rotatable bonds is 3. The fraction of sp³-hybridized carbons (Fsp3) is 0.600. The lowest BCUT2D eigenvalue weighted by molar-refractivity contribution is 0.317. The first-order valence-electron chi connectivity index (χ1n) is 6.59. The summed E-state index contributed by atoms with van der Waals surface area (Å²) >= 11 is 0. The molecule has 0 radical (unpaired) electrons. The van der Waals surface area contributed by atoms with Crippen LogP contribution in [0, 0.1) is 26.7 Å². The molecule has 0 saturated carbocycles. The van der Waals surface area contributed by atoms with E-state index in [2.05, 4.69) is 37.8 Å². The van der Waals surface area contributed by atoms with Gasteiger partial charge in [0.15, 0.2) is 0 Å². The Morgan fingerprint density at radius 3 is 2.53 bits per heavy atom. The van der Waals surface area contributed by atoms with Gasteiger partial charge in [0.05, 0.1) is 0 Å². The quantitative estimate of drug-likeness (QED) is 0.867. The molecule has 2 rings (SSSR count). The molecule has 1 heterocycles. The third kappa shape index (κ3) is 2.88. The van der Waals surface area contributed by atoms with Gasteiger partial charge in [-0.1, -0.05) is 12.1 Å². The average molecular weight is 232 g/mol. The summed E-state index contributed by atoms with van der Waals surface area (Å²) in [5.41, 5.74) is 11.4. The van der Waals surface area contributed by atoms with E-state index in [1.165, 1.54) is 41.8 Å². The van der Waals surface area contributed by atoms with Crippen molar-refractivity contribution >= 4 is 0 Å². The maximum absolute atomic E-state index is 5.74. The van der Waals surface area contributed by atoms with Crippen LogP contribution in [-0.4, -0.2) is 24.5 Å². The van der Waals surface area contributed by atoms with E-state index >= 15 is 0 Å². The van der Waals surface area contributed by atoms with Gasteiger partial charge >= 0.3 is 0 Å². The van der Waals surface area contributed by atoms with Crippen LogP contribution >= 0.6 is 0 Å². The first-order chi connectivity index (χ1) is 8.10. The van der Waals surface area contributed by atoms with Crippen molar-refractivity contribution in [3.05, 3.63) is 34.4 Å². The summed E-state index contributed by atoms with van der Waals surface area (Å²) in [6, 6.07) is 4.65. The van der Waals surface area contributed by atoms with Crippen molar-refractivity contribution < 1.29 is 0 Å². The second-order valence-corrected chi connectivity index (χ2v) is 5.49. The predicted molar refractivity (Wildman–Crippen MR) is 73.1 cm³/mol. The number of hydrogen-bond acceptors (Lipinski definition) is 2. The van der Waals surface area contributed by atoms with Crippen LogP contribution in [0.4, 0.5) is 0 Å². The topological polar surface area (TPSA) is 29.3 Å². The van der Waals surface area contributed by atoms with Crippen LogP contribution in [0.25, 0.3) is 0 Å². The van der Waals surface area contributed by atoms with Gasteiger partial charge < -0.3 is 5.73 Å². The number of hydrogen-bond donors (Lipinski definition) is 1. The van der Waals surface area contributed by atoms with Crippen LogP contribution in [-0.2, 0) is 6.54 Å². The van der Waals surface area contributed by atoms with Crippen LogP contribution in [0.3, 0.4) is 0 Å². The molecular weight excluding hydrogens is 208 g/mol. The molecule has 1 aromatic rings. The highest BCUT2D eigenvalue weighted by atomic mass is 15.1. The van der Waals surface area contributed by atoms with Crippen molar-refractivity contribution in [2.45, 2.75) is 33.7 Å². The van der Waals surface area contributed by atoms with E-state index < -0.39 is 0 Å². The van der Waals surface area contributed by atoms with Crippen molar-refractivity contribution in [2.75, 3.05) is 19.6 Å². The van der Waals surface area contributed by atoms with Gasteiger partial charge in [-0.05, 0) is 68.5 Å². The Hall–Kier alpha value is -0.860. The summed E-state index contributed by atoms with van der Waals surface area (Å²) < 4.78 is 0. The number of nitrogens with zero attached hydrogens (tertiary/aromatic N) is 1. The molecule has 1 aliphatic rings. The van der Waals surface area contributed by atoms with Crippen LogP contribution in [0.2, 0.25) is 0 Å². The van der Waals surface area contributed by atoms with Crippen LogP contribution in [0.15, 0.2) is 12.1 Å². The average Bonchev–Trinajstić information content (AvgIpc) is 2.73. The lowest BCUT2D eigenvalue weighted by Crippen LogP contribution is -2.23. The summed E-state index contributed by atoms with van der Waals surface area (Å²) in [5, 5.41) is 0. The number of aryl methyl sites for hydroxylation is 3. The Morgan fingerprint density at radius 2 is 1.88 bits per heavy atom. The third-order valence-corrected chi connectivity index (χ3v) is 4.05. The number of benzene rings is 1. The van der Waals surface area contributed by atoms with Crippen molar-refractivity contribution in [3.8, 4) is 0 Å². The molecule has 1 atom stereocenters. The normalized spacial score (nSPS) is 21.1. The number of nitrogens with two attached hydrogens (primary N) is 1. The molecule has 17 heavy (non-hydrogen) atoms. The van der Waals surface area contributed by atoms with E-state index in [9.17, 15) is 0 Å². The van der Waals surface area contributed by atoms with Gasteiger partial charge in [0.2, 0.25) is 0 Å². The van der Waals surface area contributed by atoms with E-state index in [0.717, 1.165) is 13.1 Å². The van der Waals surface area contributed by atoms with E-state index in [1.807, 2.05) is 0 Å². The fourth-order valence-electron chi connectivity index (χ4n) is 2.68. The van der Waals surface area contributed by atoms with Crippen LogP contribution in [0.5, 0.6) is 0 Å². The SMILES string of the molecule is Cc1cc(C)c(CN2CC[C@@H](CN)C2)cc1C. The first-order valence-corrected chi connectivity index (χ1v) is 6.59. The standard InChI is InChI=1S/C15H24N2/c1-11-6-13(3)15(7-12(11)2)10-17-5-4-14(8-16)9-17/h6-7,14H,4-5,8-10,16H2,1-3H3/t14-/m0/s1. The van der Waals surface area contributed by atoms with Crippen LogP contribution < -0.4 is 5.73 Å². The minimum absolute atomic E-state index is 0.710. The second kappa shape index (κ2) is 5.19. The summed E-state index contributed by atoms with van der Waals surface area (Å²) in [7, 11) is 0. The van der Waals surface area contributed by atoms with Crippen molar-refractivity contribution in [1.82, 2.24) is 4.90 Å². The second-order valence-electron chi connectivity index (χ2n) is 5.49. The van der Waals surface area contributed by atoms with Gasteiger partial charge in [0, 0.05) is 13.1 Å². The highest BCUT2D eigenvalue weighted by Gasteiger charge is 2.21. The summed E-state index contributed by atoms with van der Waals surface area (Å²) in [6.45, 7) is 10.9. The van der Waals surface area contributed by atoms with E-state index in [4.69, 9.17) is 5.73 Å². The van der Waals surface area contributed by atoms with E-state index in [1.54, 1.807) is 0 Å². The van der Waals surface area contributed by atoms with Crippen molar-refractivity contribution in [2.24, 2.45) is 11.7 Å². The minimum Gasteiger partial charge on any atom is -0.330 e. The molecule has 1 aliphatic heterocycles. The molecule has 0 aliphatic carbocycles. The van der Waals surface area contributed by atoms with Gasteiger partial charge in [-0.2, -0.15) is 0 Å². The molecular formula is C15H24N2. The first kappa shape index (κ1) is 12.6. The van der Waals surface area contributed by atoms with Crippen molar-refractivity contribution in [1.29, 1.82) is 0 Å². The smallest absolute Gasteiger partial charge is 0.0236 e. The maximum Gasteiger partial charge on any atom is 0.0236 e. The lowest BCUT2D eigenvalue weighted by atomic mass is 10.0. The molecule has 0 amide bonds. The molecule has 2 heteroatoms. The van der Waals surface area contributed by atoms with E-state index in [0.29, 0.717) is 5.92 Å². The fourth-order valence-corrected chi connectivity index (χ4v) is 2.68. The minimum atomic E-state index is 0.710. The molecule has 94 valence electrons. The largest absolute Gasteiger partial charge is 0.330 e. The van der Waals surface area contributed by atoms with Gasteiger partial charge in [0.1, 0.15) is 0 Å². The molecule has 1 fully saturated rings. The molecule has 2 nitrogen and oxygen atoms in total. The number of likely N-dealkylation sites (tertiary alicyclic amines) is 1. The van der Waals surface area contributed by atoms with Crippen LogP contribution in [0.1, 0.15) is 28.7 Å². The zero-order valence-electron chi connectivity index (χ0n) is 11.3. The van der Waals surface area contributed by atoms with Crippen molar-refractivity contribution in [3.63, 3.8) is 0 Å². The monoisotopic (exact) mass is 232 g/mol. The Balaban J connectivity index is 2.06. The van der Waals surface area contributed by atoms with E-state index in [-0.39, 0.29) is 0 Å². The Labute approximate surface area is 105 Å². The van der Waals surface area contributed by atoms with Gasteiger partial charge in [0.25, 0.3) is 0 Å². The van der Waals surface area contributed by atoms with Gasteiger partial charge in [-0.25, -0.2) is 0 Å². The zero-order chi connectivity index (χ0) is 12.4.